The smallest absolute Gasteiger partial charge is 0.197 e. The third-order valence-electron chi connectivity index (χ3n) is 0.477. The van der Waals surface area contributed by atoms with Gasteiger partial charge in [0.2, 0.25) is 0 Å². The highest BCUT2D eigenvalue weighted by molar-refractivity contribution is 7.78. The molecule has 0 aliphatic rings. The molecule has 0 bridgehead atoms. The van der Waals surface area contributed by atoms with Crippen LogP contribution in [-0.2, 0) is 9.59 Å². The van der Waals surface area contributed by atoms with E-state index in [9.17, 15) is 9.59 Å². The molecule has 4 nitrogen and oxygen atoms in total. The quantitative estimate of drug-likeness (QED) is 0.265. The Kier molecular flexibility index (Phi) is 4.28. The van der Waals surface area contributed by atoms with Crippen molar-refractivity contribution in [2.75, 3.05) is 0 Å². The van der Waals surface area contributed by atoms with Gasteiger partial charge < -0.3 is 0 Å². The summed E-state index contributed by atoms with van der Waals surface area (Å²) in [5, 5.41) is 3.45. The van der Waals surface area contributed by atoms with E-state index in [-0.39, 0.29) is 0 Å². The van der Waals surface area contributed by atoms with Crippen molar-refractivity contribution in [1.82, 2.24) is 9.98 Å². The van der Waals surface area contributed by atoms with Crippen LogP contribution in [0.3, 0.4) is 0 Å². The van der Waals surface area contributed by atoms with E-state index in [4.69, 9.17) is 0 Å². The molecular weight excluding hydrogens is 172 g/mol. The van der Waals surface area contributed by atoms with E-state index in [1.165, 1.54) is 0 Å². The Hall–Kier alpha value is -1.06. The Labute approximate surface area is 66.7 Å². The molecule has 0 heterocycles. The summed E-state index contributed by atoms with van der Waals surface area (Å²) < 4.78 is 0. The van der Waals surface area contributed by atoms with Crippen molar-refractivity contribution in [3.05, 3.63) is 0 Å². The van der Waals surface area contributed by atoms with Crippen molar-refractivity contribution in [3.8, 4) is 0 Å². The van der Waals surface area contributed by atoms with Gasteiger partial charge in [0.15, 0.2) is 9.98 Å². The molecule has 48 valence electrons. The molecule has 0 saturated heterocycles. The maximum absolute atomic E-state index is 10.3. The highest BCUT2D eigenvalue weighted by Crippen LogP contribution is 1.60. The lowest BCUT2D eigenvalue weighted by atomic mass is 10.6. The van der Waals surface area contributed by atoms with E-state index >= 15 is 0 Å². The van der Waals surface area contributed by atoms with Crippen molar-refractivity contribution >= 4 is 46.6 Å². The number of thiocarbonyl (C=S) groups is 2. The van der Waals surface area contributed by atoms with Gasteiger partial charge >= 0.3 is 22.1 Å². The van der Waals surface area contributed by atoms with Gasteiger partial charge in [-0.2, -0.15) is 9.59 Å². The van der Waals surface area contributed by atoms with Crippen LogP contribution in [0.15, 0.2) is 0 Å². The number of hydrogen-bond donors (Lipinski definition) is 0. The van der Waals surface area contributed by atoms with Gasteiger partial charge in [-0.05, 0) is 0 Å². The summed E-state index contributed by atoms with van der Waals surface area (Å²) in [6.45, 7) is 0. The van der Waals surface area contributed by atoms with Crippen molar-refractivity contribution in [2.45, 2.75) is 0 Å². The second-order valence-electron chi connectivity index (χ2n) is 1.02. The van der Waals surface area contributed by atoms with Gasteiger partial charge in [-0.15, -0.1) is 0 Å². The van der Waals surface area contributed by atoms with Gasteiger partial charge in [0, 0.05) is 0 Å². The molecule has 0 unspecified atom stereocenters. The van der Waals surface area contributed by atoms with E-state index in [0.29, 0.717) is 0 Å². The molecule has 0 saturated carbocycles. The second-order valence-corrected chi connectivity index (χ2v) is 1.38. The standard InChI is InChI=1S/C4N2O2S2/c7-3(5-1-9)4(8)6-2-10/q+2. The van der Waals surface area contributed by atoms with Gasteiger partial charge in [0.05, 0.1) is 24.4 Å². The number of rotatable bonds is 0. The highest BCUT2D eigenvalue weighted by atomic mass is 32.1. The SMILES string of the molecule is O=C([N+]=C=S)C(=O)[N+]=C=S. The average Bonchev–Trinajstić information content (AvgIpc) is 1.89. The van der Waals surface area contributed by atoms with Gasteiger partial charge in [0.25, 0.3) is 0 Å². The first-order chi connectivity index (χ1) is 4.72. The zero-order chi connectivity index (χ0) is 7.98. The first-order valence-electron chi connectivity index (χ1n) is 1.96. The van der Waals surface area contributed by atoms with Gasteiger partial charge in [-0.3, -0.25) is 0 Å². The Morgan fingerprint density at radius 2 is 1.30 bits per heavy atom. The molecule has 0 aliphatic carbocycles. The highest BCUT2D eigenvalue weighted by Gasteiger charge is 2.35. The maximum Gasteiger partial charge on any atom is 0.613 e. The zero-order valence-corrected chi connectivity index (χ0v) is 6.16. The number of isothiocyanates is 2. The van der Waals surface area contributed by atoms with E-state index < -0.39 is 11.8 Å². The van der Waals surface area contributed by atoms with Gasteiger partial charge in [0.1, 0.15) is 0 Å². The third kappa shape index (κ3) is 3.06. The number of carbonyl (C=O) groups is 2. The fourth-order valence-electron chi connectivity index (χ4n) is 0.179. The summed E-state index contributed by atoms with van der Waals surface area (Å²) >= 11 is 8.11. The van der Waals surface area contributed by atoms with Crippen LogP contribution in [0.1, 0.15) is 0 Å². The van der Waals surface area contributed by atoms with Crippen LogP contribution in [-0.4, -0.2) is 22.1 Å². The largest absolute Gasteiger partial charge is 0.613 e. The number of aliphatic imine (C=N–C) groups is 2. The van der Waals surface area contributed by atoms with E-state index in [1.54, 1.807) is 10.3 Å². The number of hydrogen-bond acceptors (Lipinski definition) is 4. The molecule has 0 rings (SSSR count). The molecule has 0 aromatic carbocycles. The predicted octanol–water partition coefficient (Wildman–Crippen LogP) is -1.08. The van der Waals surface area contributed by atoms with Gasteiger partial charge in [-0.1, -0.05) is 0 Å². The van der Waals surface area contributed by atoms with Crippen LogP contribution in [0.4, 0.5) is 0 Å². The van der Waals surface area contributed by atoms with E-state index in [0.717, 1.165) is 0 Å². The van der Waals surface area contributed by atoms with Crippen LogP contribution in [0.25, 0.3) is 0 Å². The lowest BCUT2D eigenvalue weighted by Gasteiger charge is -1.50. The minimum Gasteiger partial charge on any atom is -0.197 e. The monoisotopic (exact) mass is 172 g/mol. The molecule has 6 heteroatoms. The molecule has 0 fully saturated rings. The molecule has 2 radical (unpaired) electrons. The Bertz CT molecular complexity index is 232. The van der Waals surface area contributed by atoms with Crippen molar-refractivity contribution in [3.63, 3.8) is 0 Å². The van der Waals surface area contributed by atoms with Crippen LogP contribution < -0.4 is 9.98 Å². The van der Waals surface area contributed by atoms with Crippen LogP contribution in [0, 0.1) is 0 Å². The Balaban J connectivity index is 4.37. The van der Waals surface area contributed by atoms with Crippen molar-refractivity contribution < 1.29 is 9.59 Å². The van der Waals surface area contributed by atoms with Crippen molar-refractivity contribution in [1.29, 1.82) is 0 Å². The number of nitrogens with zero attached hydrogens (tertiary/aromatic N) is 2. The first-order valence-corrected chi connectivity index (χ1v) is 2.78. The average molecular weight is 172 g/mol. The summed E-state index contributed by atoms with van der Waals surface area (Å²) in [4.78, 5) is 26.3. The summed E-state index contributed by atoms with van der Waals surface area (Å²) in [7, 11) is 0. The minimum absolute atomic E-state index is 1.09. The molecule has 2 amide bonds. The summed E-state index contributed by atoms with van der Waals surface area (Å²) in [5.41, 5.74) is 0. The lowest BCUT2D eigenvalue weighted by Crippen LogP contribution is -2.21. The topological polar surface area (TPSA) is 62.3 Å². The fourth-order valence-corrected chi connectivity index (χ4v) is 0.344. The summed E-state index contributed by atoms with van der Waals surface area (Å²) in [6, 6.07) is 0. The van der Waals surface area contributed by atoms with Crippen molar-refractivity contribution in [2.24, 2.45) is 0 Å². The number of amides is 2. The molecule has 10 heavy (non-hydrogen) atoms. The van der Waals surface area contributed by atoms with Crippen LogP contribution in [0.2, 0.25) is 0 Å². The first kappa shape index (κ1) is 8.94. The molecule has 0 spiro atoms. The molecule has 0 N–H and O–H groups in total. The lowest BCUT2D eigenvalue weighted by molar-refractivity contribution is -0.136. The Morgan fingerprint density at radius 3 is 1.50 bits per heavy atom. The van der Waals surface area contributed by atoms with Gasteiger partial charge in [-0.25, -0.2) is 0 Å². The number of carbonyl (C=O) groups excluding carboxylic acids is 2. The fraction of sp³-hybridized carbons (Fsp3) is 0. The molecule has 0 atom stereocenters. The molecular formula is C4N2O2S2+2. The maximum atomic E-state index is 10.3. The Morgan fingerprint density at radius 1 is 1.00 bits per heavy atom. The predicted molar refractivity (Wildman–Crippen MR) is 39.5 cm³/mol. The normalized spacial score (nSPS) is 6.80. The summed E-state index contributed by atoms with van der Waals surface area (Å²) in [5.74, 6) is -2.18. The zero-order valence-electron chi connectivity index (χ0n) is 4.53. The third-order valence-corrected chi connectivity index (χ3v) is 0.660. The van der Waals surface area contributed by atoms with E-state index in [2.05, 4.69) is 34.4 Å². The molecule has 0 aromatic heterocycles. The summed E-state index contributed by atoms with van der Waals surface area (Å²) in [6.07, 6.45) is 0. The molecule has 0 aliphatic heterocycles. The van der Waals surface area contributed by atoms with Crippen LogP contribution >= 0.6 is 24.4 Å². The van der Waals surface area contributed by atoms with Crippen LogP contribution in [0.5, 0.6) is 0 Å². The second kappa shape index (κ2) is 4.78. The van der Waals surface area contributed by atoms with E-state index in [1.807, 2.05) is 0 Å². The molecule has 0 aromatic rings. The minimum atomic E-state index is -1.09.